The molecule has 0 amide bonds. The first-order valence-electron chi connectivity index (χ1n) is 7.45. The maximum Gasteiger partial charge on any atom is 0.320 e. The maximum absolute atomic E-state index is 13.9. The number of hydrogen-bond donors (Lipinski definition) is 2. The third-order valence-electron chi connectivity index (χ3n) is 4.12. The summed E-state index contributed by atoms with van der Waals surface area (Å²) < 4.78 is 14.6. The van der Waals surface area contributed by atoms with E-state index in [0.717, 1.165) is 35.7 Å². The van der Waals surface area contributed by atoms with Crippen molar-refractivity contribution in [3.63, 3.8) is 0 Å². The molecule has 116 valence electrons. The maximum atomic E-state index is 13.9. The number of aliphatic carboxylic acids is 1. The Kier molecular flexibility index (Phi) is 5.76. The second-order valence-electron chi connectivity index (χ2n) is 5.73. The second kappa shape index (κ2) is 7.36. The minimum Gasteiger partial charge on any atom is -0.480 e. The van der Waals surface area contributed by atoms with Gasteiger partial charge in [0.15, 0.2) is 0 Å². The molecule has 2 N–H and O–H groups in total. The summed E-state index contributed by atoms with van der Waals surface area (Å²) in [5.41, 5.74) is 0.733. The molecule has 1 aromatic rings. The summed E-state index contributed by atoms with van der Waals surface area (Å²) in [6.45, 7) is 2.05. The summed E-state index contributed by atoms with van der Waals surface area (Å²) in [6, 6.07) is 4.84. The van der Waals surface area contributed by atoms with Crippen molar-refractivity contribution in [1.82, 2.24) is 5.32 Å². The van der Waals surface area contributed by atoms with Gasteiger partial charge >= 0.3 is 5.97 Å². The van der Waals surface area contributed by atoms with Crippen LogP contribution >= 0.6 is 15.9 Å². The van der Waals surface area contributed by atoms with Crippen LogP contribution in [0.3, 0.4) is 0 Å². The largest absolute Gasteiger partial charge is 0.480 e. The molecule has 0 spiro atoms. The number of carboxylic acid groups (broad SMARTS) is 1. The van der Waals surface area contributed by atoms with Gasteiger partial charge in [0.25, 0.3) is 0 Å². The molecule has 0 aromatic heterocycles. The van der Waals surface area contributed by atoms with E-state index in [9.17, 15) is 14.3 Å². The standard InChI is InChI=1S/C16H21BrFNO2/c1-2-3-4-15(16(20)21)19-12-7-10(8-12)13-6-5-11(17)9-14(13)18/h5-6,9-10,12,15,19H,2-4,7-8H2,1H3,(H,20,21)/t10?,12?,15-/m0/s1. The van der Waals surface area contributed by atoms with Gasteiger partial charge in [-0.2, -0.15) is 0 Å². The van der Waals surface area contributed by atoms with Crippen molar-refractivity contribution < 1.29 is 14.3 Å². The molecule has 1 aromatic carbocycles. The molecule has 0 heterocycles. The van der Waals surface area contributed by atoms with Crippen molar-refractivity contribution in [3.05, 3.63) is 34.1 Å². The minimum atomic E-state index is -0.790. The Morgan fingerprint density at radius 3 is 2.81 bits per heavy atom. The van der Waals surface area contributed by atoms with E-state index in [1.54, 1.807) is 0 Å². The summed E-state index contributed by atoms with van der Waals surface area (Å²) in [5, 5.41) is 12.4. The first kappa shape index (κ1) is 16.4. The summed E-state index contributed by atoms with van der Waals surface area (Å²) in [7, 11) is 0. The highest BCUT2D eigenvalue weighted by Gasteiger charge is 2.34. The predicted molar refractivity (Wildman–Crippen MR) is 83.9 cm³/mol. The Hall–Kier alpha value is -0.940. The molecular formula is C16H21BrFNO2. The molecule has 0 unspecified atom stereocenters. The van der Waals surface area contributed by atoms with Crippen molar-refractivity contribution in [2.75, 3.05) is 0 Å². The lowest BCUT2D eigenvalue weighted by atomic mass is 9.75. The van der Waals surface area contributed by atoms with Crippen LogP contribution in [0.15, 0.2) is 22.7 Å². The van der Waals surface area contributed by atoms with Crippen LogP contribution < -0.4 is 5.32 Å². The highest BCUT2D eigenvalue weighted by molar-refractivity contribution is 9.10. The van der Waals surface area contributed by atoms with E-state index in [2.05, 4.69) is 28.2 Å². The lowest BCUT2D eigenvalue weighted by Crippen LogP contribution is -2.48. The normalized spacial score (nSPS) is 22.6. The van der Waals surface area contributed by atoms with Crippen molar-refractivity contribution in [3.8, 4) is 0 Å². The number of carboxylic acids is 1. The zero-order chi connectivity index (χ0) is 15.4. The summed E-state index contributed by atoms with van der Waals surface area (Å²) in [6.07, 6.45) is 4.15. The number of carbonyl (C=O) groups is 1. The monoisotopic (exact) mass is 357 g/mol. The molecule has 1 fully saturated rings. The SMILES string of the molecule is CCCC[C@H](NC1CC(c2ccc(Br)cc2F)C1)C(=O)O. The number of rotatable bonds is 7. The molecule has 0 radical (unpaired) electrons. The molecule has 0 bridgehead atoms. The van der Waals surface area contributed by atoms with Crippen LogP contribution in [0.1, 0.15) is 50.5 Å². The fraction of sp³-hybridized carbons (Fsp3) is 0.562. The molecule has 0 aliphatic heterocycles. The fourth-order valence-corrected chi connectivity index (χ4v) is 3.14. The fourth-order valence-electron chi connectivity index (χ4n) is 2.81. The molecule has 1 atom stereocenters. The van der Waals surface area contributed by atoms with Crippen LogP contribution in [0.25, 0.3) is 0 Å². The van der Waals surface area contributed by atoms with Crippen LogP contribution in [0.5, 0.6) is 0 Å². The smallest absolute Gasteiger partial charge is 0.320 e. The van der Waals surface area contributed by atoms with Crippen LogP contribution in [-0.4, -0.2) is 23.2 Å². The average molecular weight is 358 g/mol. The van der Waals surface area contributed by atoms with E-state index < -0.39 is 12.0 Å². The van der Waals surface area contributed by atoms with Gasteiger partial charge in [-0.15, -0.1) is 0 Å². The highest BCUT2D eigenvalue weighted by Crippen LogP contribution is 2.39. The molecular weight excluding hydrogens is 337 g/mol. The van der Waals surface area contributed by atoms with Crippen molar-refractivity contribution in [1.29, 1.82) is 0 Å². The number of halogens is 2. The highest BCUT2D eigenvalue weighted by atomic mass is 79.9. The summed E-state index contributed by atoms with van der Waals surface area (Å²) >= 11 is 3.25. The van der Waals surface area contributed by atoms with Gasteiger partial charge in [-0.25, -0.2) is 4.39 Å². The van der Waals surface area contributed by atoms with Gasteiger partial charge in [-0.1, -0.05) is 41.8 Å². The molecule has 2 rings (SSSR count). The van der Waals surface area contributed by atoms with Gasteiger partial charge in [0, 0.05) is 10.5 Å². The Bertz CT molecular complexity index is 503. The number of nitrogens with one attached hydrogen (secondary N) is 1. The quantitative estimate of drug-likeness (QED) is 0.773. The molecule has 5 heteroatoms. The van der Waals surface area contributed by atoms with Gasteiger partial charge in [0.2, 0.25) is 0 Å². The third-order valence-corrected chi connectivity index (χ3v) is 4.61. The third kappa shape index (κ3) is 4.27. The van der Waals surface area contributed by atoms with Gasteiger partial charge in [0.1, 0.15) is 11.9 Å². The lowest BCUT2D eigenvalue weighted by Gasteiger charge is -2.38. The Morgan fingerprint density at radius 2 is 2.24 bits per heavy atom. The van der Waals surface area contributed by atoms with Gasteiger partial charge < -0.3 is 10.4 Å². The molecule has 3 nitrogen and oxygen atoms in total. The van der Waals surface area contributed by atoms with Gasteiger partial charge in [-0.3, -0.25) is 4.79 Å². The number of benzene rings is 1. The van der Waals surface area contributed by atoms with E-state index in [0.29, 0.717) is 6.42 Å². The second-order valence-corrected chi connectivity index (χ2v) is 6.65. The minimum absolute atomic E-state index is 0.177. The zero-order valence-electron chi connectivity index (χ0n) is 12.1. The van der Waals surface area contributed by atoms with Crippen LogP contribution in [-0.2, 0) is 4.79 Å². The van der Waals surface area contributed by atoms with Gasteiger partial charge in [-0.05, 0) is 42.9 Å². The van der Waals surface area contributed by atoms with E-state index >= 15 is 0 Å². The van der Waals surface area contributed by atoms with Crippen molar-refractivity contribution in [2.45, 2.75) is 57.0 Å². The Morgan fingerprint density at radius 1 is 1.52 bits per heavy atom. The van der Waals surface area contributed by atoms with E-state index in [-0.39, 0.29) is 17.8 Å². The van der Waals surface area contributed by atoms with Crippen LogP contribution in [0, 0.1) is 5.82 Å². The zero-order valence-corrected chi connectivity index (χ0v) is 13.7. The Balaban J connectivity index is 1.86. The first-order chi connectivity index (χ1) is 10.0. The summed E-state index contributed by atoms with van der Waals surface area (Å²) in [4.78, 5) is 11.2. The van der Waals surface area contributed by atoms with Crippen LogP contribution in [0.2, 0.25) is 0 Å². The predicted octanol–water partition coefficient (Wildman–Crippen LogP) is 4.07. The van der Waals surface area contributed by atoms with E-state index in [1.165, 1.54) is 6.07 Å². The molecule has 21 heavy (non-hydrogen) atoms. The number of hydrogen-bond acceptors (Lipinski definition) is 2. The summed E-state index contributed by atoms with van der Waals surface area (Å²) in [5.74, 6) is -0.786. The van der Waals surface area contributed by atoms with E-state index in [1.807, 2.05) is 12.1 Å². The van der Waals surface area contributed by atoms with Crippen molar-refractivity contribution in [2.24, 2.45) is 0 Å². The average Bonchev–Trinajstić information content (AvgIpc) is 2.37. The molecule has 1 aliphatic carbocycles. The number of unbranched alkanes of at least 4 members (excludes halogenated alkanes) is 1. The lowest BCUT2D eigenvalue weighted by molar-refractivity contribution is -0.140. The first-order valence-corrected chi connectivity index (χ1v) is 8.24. The topological polar surface area (TPSA) is 49.3 Å². The molecule has 0 saturated heterocycles. The van der Waals surface area contributed by atoms with Crippen molar-refractivity contribution >= 4 is 21.9 Å². The van der Waals surface area contributed by atoms with Gasteiger partial charge in [0.05, 0.1) is 0 Å². The molecule has 1 saturated carbocycles. The van der Waals surface area contributed by atoms with Crippen LogP contribution in [0.4, 0.5) is 4.39 Å². The van der Waals surface area contributed by atoms with E-state index in [4.69, 9.17) is 0 Å². The molecule has 1 aliphatic rings. The Labute approximate surface area is 133 Å².